The number of rotatable bonds is 6. The average Bonchev–Trinajstić information content (AvgIpc) is 2.51. The molecule has 1 unspecified atom stereocenters. The third-order valence-electron chi connectivity index (χ3n) is 3.84. The number of nitrogens with one attached hydrogen (secondary N) is 1. The molecule has 0 saturated carbocycles. The SMILES string of the molecule is CCCNC(c1cccc(CC)c1)c1cc(F)ccc1C. The highest BCUT2D eigenvalue weighted by atomic mass is 19.1. The summed E-state index contributed by atoms with van der Waals surface area (Å²) in [6.07, 6.45) is 2.06. The molecule has 0 heterocycles. The molecule has 2 heteroatoms. The van der Waals surface area contributed by atoms with Crippen molar-refractivity contribution in [1.29, 1.82) is 0 Å². The van der Waals surface area contributed by atoms with Crippen molar-refractivity contribution in [2.24, 2.45) is 0 Å². The lowest BCUT2D eigenvalue weighted by molar-refractivity contribution is 0.582. The highest BCUT2D eigenvalue weighted by molar-refractivity contribution is 5.38. The van der Waals surface area contributed by atoms with E-state index < -0.39 is 0 Å². The first kappa shape index (κ1) is 15.7. The Kier molecular flexibility index (Phi) is 5.51. The quantitative estimate of drug-likeness (QED) is 0.805. The Morgan fingerprint density at radius 1 is 1.10 bits per heavy atom. The van der Waals surface area contributed by atoms with Crippen molar-refractivity contribution in [3.05, 3.63) is 70.5 Å². The maximum absolute atomic E-state index is 13.7. The van der Waals surface area contributed by atoms with Crippen molar-refractivity contribution in [2.45, 2.75) is 39.7 Å². The standard InChI is InChI=1S/C19H24FN/c1-4-11-21-19(16-8-6-7-15(5-2)12-16)18-13-17(20)10-9-14(18)3/h6-10,12-13,19,21H,4-5,11H2,1-3H3. The van der Waals surface area contributed by atoms with Crippen LogP contribution >= 0.6 is 0 Å². The summed E-state index contributed by atoms with van der Waals surface area (Å²) < 4.78 is 13.7. The normalized spacial score (nSPS) is 12.4. The number of halogens is 1. The molecule has 0 fully saturated rings. The van der Waals surface area contributed by atoms with Crippen LogP contribution in [-0.4, -0.2) is 6.54 Å². The second kappa shape index (κ2) is 7.37. The first-order chi connectivity index (χ1) is 10.2. The van der Waals surface area contributed by atoms with Crippen molar-refractivity contribution in [3.63, 3.8) is 0 Å². The number of hydrogen-bond donors (Lipinski definition) is 1. The fourth-order valence-electron chi connectivity index (χ4n) is 2.61. The van der Waals surface area contributed by atoms with E-state index >= 15 is 0 Å². The fourth-order valence-corrected chi connectivity index (χ4v) is 2.61. The van der Waals surface area contributed by atoms with Crippen LogP contribution in [0.25, 0.3) is 0 Å². The van der Waals surface area contributed by atoms with Crippen LogP contribution < -0.4 is 5.32 Å². The minimum Gasteiger partial charge on any atom is -0.306 e. The van der Waals surface area contributed by atoms with Gasteiger partial charge in [0.1, 0.15) is 5.82 Å². The minimum atomic E-state index is -0.175. The Balaban J connectivity index is 2.44. The van der Waals surface area contributed by atoms with Gasteiger partial charge in [-0.1, -0.05) is 44.2 Å². The van der Waals surface area contributed by atoms with Gasteiger partial charge in [-0.15, -0.1) is 0 Å². The van der Waals surface area contributed by atoms with E-state index in [9.17, 15) is 4.39 Å². The van der Waals surface area contributed by atoms with Crippen molar-refractivity contribution in [2.75, 3.05) is 6.54 Å². The molecule has 0 aromatic heterocycles. The molecule has 0 radical (unpaired) electrons. The molecule has 0 aliphatic carbocycles. The van der Waals surface area contributed by atoms with E-state index in [0.717, 1.165) is 30.5 Å². The van der Waals surface area contributed by atoms with Gasteiger partial charge in [0.2, 0.25) is 0 Å². The van der Waals surface area contributed by atoms with Gasteiger partial charge in [0.25, 0.3) is 0 Å². The highest BCUT2D eigenvalue weighted by Gasteiger charge is 2.16. The summed E-state index contributed by atoms with van der Waals surface area (Å²) in [5.74, 6) is -0.175. The van der Waals surface area contributed by atoms with E-state index in [-0.39, 0.29) is 11.9 Å². The molecule has 2 rings (SSSR count). The van der Waals surface area contributed by atoms with E-state index in [1.807, 2.05) is 13.0 Å². The van der Waals surface area contributed by atoms with E-state index in [4.69, 9.17) is 0 Å². The largest absolute Gasteiger partial charge is 0.306 e. The molecule has 1 N–H and O–H groups in total. The molecule has 0 aliphatic rings. The second-order valence-corrected chi connectivity index (χ2v) is 5.49. The third kappa shape index (κ3) is 3.92. The van der Waals surface area contributed by atoms with Gasteiger partial charge in [0.05, 0.1) is 6.04 Å². The van der Waals surface area contributed by atoms with Gasteiger partial charge < -0.3 is 5.32 Å². The first-order valence-corrected chi connectivity index (χ1v) is 7.74. The molecule has 2 aromatic carbocycles. The van der Waals surface area contributed by atoms with E-state index in [2.05, 4.69) is 43.4 Å². The Morgan fingerprint density at radius 2 is 1.90 bits per heavy atom. The van der Waals surface area contributed by atoms with Crippen LogP contribution in [0.2, 0.25) is 0 Å². The Morgan fingerprint density at radius 3 is 2.62 bits per heavy atom. The Bertz CT molecular complexity index is 592. The molecule has 2 aromatic rings. The van der Waals surface area contributed by atoms with Gasteiger partial charge >= 0.3 is 0 Å². The summed E-state index contributed by atoms with van der Waals surface area (Å²) >= 11 is 0. The lowest BCUT2D eigenvalue weighted by Gasteiger charge is -2.22. The van der Waals surface area contributed by atoms with Gasteiger partial charge in [-0.25, -0.2) is 4.39 Å². The molecule has 21 heavy (non-hydrogen) atoms. The van der Waals surface area contributed by atoms with Gasteiger partial charge in [-0.05, 0) is 60.7 Å². The minimum absolute atomic E-state index is 0.0483. The zero-order chi connectivity index (χ0) is 15.2. The summed E-state index contributed by atoms with van der Waals surface area (Å²) in [6.45, 7) is 7.25. The van der Waals surface area contributed by atoms with Crippen molar-refractivity contribution < 1.29 is 4.39 Å². The molecule has 112 valence electrons. The van der Waals surface area contributed by atoms with Crippen LogP contribution in [0, 0.1) is 12.7 Å². The van der Waals surface area contributed by atoms with Gasteiger partial charge in [-0.2, -0.15) is 0 Å². The molecule has 0 saturated heterocycles. The molecular weight excluding hydrogens is 261 g/mol. The molecular formula is C19H24FN. The zero-order valence-corrected chi connectivity index (χ0v) is 13.1. The zero-order valence-electron chi connectivity index (χ0n) is 13.1. The smallest absolute Gasteiger partial charge is 0.123 e. The van der Waals surface area contributed by atoms with Gasteiger partial charge in [0.15, 0.2) is 0 Å². The first-order valence-electron chi connectivity index (χ1n) is 7.74. The molecule has 0 spiro atoms. The lowest BCUT2D eigenvalue weighted by Crippen LogP contribution is -2.24. The van der Waals surface area contributed by atoms with Crippen LogP contribution in [0.15, 0.2) is 42.5 Å². The predicted octanol–water partition coefficient (Wildman–Crippen LogP) is 4.79. The monoisotopic (exact) mass is 285 g/mol. The Hall–Kier alpha value is -1.67. The van der Waals surface area contributed by atoms with E-state index in [1.54, 1.807) is 6.07 Å². The maximum atomic E-state index is 13.7. The summed E-state index contributed by atoms with van der Waals surface area (Å²) in [5.41, 5.74) is 4.66. The molecule has 0 bridgehead atoms. The third-order valence-corrected chi connectivity index (χ3v) is 3.84. The lowest BCUT2D eigenvalue weighted by atomic mass is 9.93. The van der Waals surface area contributed by atoms with Crippen LogP contribution in [0.1, 0.15) is 48.6 Å². The van der Waals surface area contributed by atoms with E-state index in [0.29, 0.717) is 0 Å². The highest BCUT2D eigenvalue weighted by Crippen LogP contribution is 2.26. The van der Waals surface area contributed by atoms with Crippen molar-refractivity contribution in [1.82, 2.24) is 5.32 Å². The summed E-state index contributed by atoms with van der Waals surface area (Å²) in [4.78, 5) is 0. The molecule has 1 atom stereocenters. The van der Waals surface area contributed by atoms with Crippen LogP contribution in [0.3, 0.4) is 0 Å². The number of hydrogen-bond acceptors (Lipinski definition) is 1. The number of aryl methyl sites for hydroxylation is 2. The van der Waals surface area contributed by atoms with Crippen LogP contribution in [-0.2, 0) is 6.42 Å². The average molecular weight is 285 g/mol. The topological polar surface area (TPSA) is 12.0 Å². The molecule has 0 aliphatic heterocycles. The molecule has 1 nitrogen and oxygen atoms in total. The van der Waals surface area contributed by atoms with Crippen molar-refractivity contribution >= 4 is 0 Å². The van der Waals surface area contributed by atoms with Crippen LogP contribution in [0.5, 0.6) is 0 Å². The second-order valence-electron chi connectivity index (χ2n) is 5.49. The summed E-state index contributed by atoms with van der Waals surface area (Å²) in [5, 5.41) is 3.55. The van der Waals surface area contributed by atoms with Gasteiger partial charge in [-0.3, -0.25) is 0 Å². The molecule has 0 amide bonds. The van der Waals surface area contributed by atoms with E-state index in [1.165, 1.54) is 17.2 Å². The van der Waals surface area contributed by atoms with Crippen LogP contribution in [0.4, 0.5) is 4.39 Å². The maximum Gasteiger partial charge on any atom is 0.123 e. The fraction of sp³-hybridized carbons (Fsp3) is 0.368. The summed E-state index contributed by atoms with van der Waals surface area (Å²) in [7, 11) is 0. The van der Waals surface area contributed by atoms with Crippen molar-refractivity contribution in [3.8, 4) is 0 Å². The van der Waals surface area contributed by atoms with Gasteiger partial charge in [0, 0.05) is 0 Å². The predicted molar refractivity (Wildman–Crippen MR) is 87.1 cm³/mol. The number of benzene rings is 2. The Labute approximate surface area is 127 Å². The summed E-state index contributed by atoms with van der Waals surface area (Å²) in [6, 6.07) is 13.7.